The Bertz CT molecular complexity index is 1010. The van der Waals surface area contributed by atoms with Gasteiger partial charge >= 0.3 is 0 Å². The molecule has 0 saturated heterocycles. The molecule has 3 aromatic rings. The predicted octanol–water partition coefficient (Wildman–Crippen LogP) is 5.73. The largest absolute Gasteiger partial charge is 0.378 e. The van der Waals surface area contributed by atoms with Crippen LogP contribution in [-0.2, 0) is 0 Å². The molecular weight excluding hydrogens is 401 g/mol. The van der Waals surface area contributed by atoms with E-state index in [2.05, 4.69) is 5.32 Å². The van der Waals surface area contributed by atoms with E-state index in [1.165, 1.54) is 48.5 Å². The summed E-state index contributed by atoms with van der Waals surface area (Å²) in [6.07, 6.45) is 0.542. The second-order valence-electron chi connectivity index (χ2n) is 6.66. The fraction of sp³-hybridized carbons (Fsp3) is 0.136. The van der Waals surface area contributed by atoms with E-state index in [4.69, 9.17) is 0 Å². The molecule has 29 heavy (non-hydrogen) atoms. The standard InChI is InChI=1S/C22H17F3N2O.ClH/c23-15-3-1-14(2-4-15)22(28)27-12-11-20(19-13-17(25)7-10-21(19)27)26-18-8-5-16(24)6-9-18;/h1-10,13,20,26H,11-12H2;1H. The lowest BCUT2D eigenvalue weighted by atomic mass is 9.95. The van der Waals surface area contributed by atoms with Crippen molar-refractivity contribution in [3.8, 4) is 0 Å². The van der Waals surface area contributed by atoms with Crippen LogP contribution in [0.25, 0.3) is 0 Å². The van der Waals surface area contributed by atoms with Gasteiger partial charge in [0.1, 0.15) is 17.5 Å². The summed E-state index contributed by atoms with van der Waals surface area (Å²) in [5.74, 6) is -1.42. The van der Waals surface area contributed by atoms with E-state index in [0.29, 0.717) is 35.5 Å². The van der Waals surface area contributed by atoms with Crippen LogP contribution < -0.4 is 10.2 Å². The van der Waals surface area contributed by atoms with E-state index in [1.807, 2.05) is 0 Å². The van der Waals surface area contributed by atoms with Crippen molar-refractivity contribution in [2.75, 3.05) is 16.8 Å². The van der Waals surface area contributed by atoms with Gasteiger partial charge in [0.15, 0.2) is 0 Å². The number of hydrogen-bond acceptors (Lipinski definition) is 2. The van der Waals surface area contributed by atoms with Crippen LogP contribution in [0.3, 0.4) is 0 Å². The maximum atomic E-state index is 13.9. The van der Waals surface area contributed by atoms with Gasteiger partial charge in [0, 0.05) is 29.0 Å². The minimum absolute atomic E-state index is 0. The van der Waals surface area contributed by atoms with Crippen LogP contribution in [0.5, 0.6) is 0 Å². The number of amides is 1. The molecule has 1 aliphatic heterocycles. The lowest BCUT2D eigenvalue weighted by molar-refractivity contribution is 0.0984. The molecule has 1 amide bonds. The SMILES string of the molecule is Cl.O=C(c1ccc(F)cc1)N1CCC(Nc2ccc(F)cc2)c2cc(F)ccc21. The van der Waals surface area contributed by atoms with Crippen LogP contribution >= 0.6 is 12.4 Å². The molecule has 150 valence electrons. The number of carbonyl (C=O) groups is 1. The second-order valence-corrected chi connectivity index (χ2v) is 6.66. The Labute approximate surface area is 172 Å². The number of carbonyl (C=O) groups excluding carboxylic acids is 1. The van der Waals surface area contributed by atoms with Gasteiger partial charge in [-0.25, -0.2) is 13.2 Å². The molecule has 0 aliphatic carbocycles. The molecule has 3 aromatic carbocycles. The van der Waals surface area contributed by atoms with Crippen molar-refractivity contribution in [3.63, 3.8) is 0 Å². The summed E-state index contributed by atoms with van der Waals surface area (Å²) in [5.41, 5.74) is 2.31. The first-order valence-electron chi connectivity index (χ1n) is 8.90. The van der Waals surface area contributed by atoms with Gasteiger partial charge in [-0.3, -0.25) is 4.79 Å². The van der Waals surface area contributed by atoms with Crippen LogP contribution in [0.2, 0.25) is 0 Å². The Morgan fingerprint density at radius 2 is 1.45 bits per heavy atom. The Morgan fingerprint density at radius 1 is 0.862 bits per heavy atom. The quantitative estimate of drug-likeness (QED) is 0.589. The number of benzene rings is 3. The summed E-state index contributed by atoms with van der Waals surface area (Å²) >= 11 is 0. The molecule has 1 N–H and O–H groups in total. The van der Waals surface area contributed by atoms with E-state index < -0.39 is 11.6 Å². The lowest BCUT2D eigenvalue weighted by Crippen LogP contribution is -2.38. The highest BCUT2D eigenvalue weighted by atomic mass is 35.5. The molecule has 0 fully saturated rings. The summed E-state index contributed by atoms with van der Waals surface area (Å²) in [6, 6.07) is 15.3. The van der Waals surface area contributed by atoms with Gasteiger partial charge in [-0.15, -0.1) is 12.4 Å². The molecule has 0 bridgehead atoms. The zero-order valence-electron chi connectivity index (χ0n) is 15.2. The maximum Gasteiger partial charge on any atom is 0.258 e. The van der Waals surface area contributed by atoms with Crippen LogP contribution in [0.4, 0.5) is 24.5 Å². The van der Waals surface area contributed by atoms with Crippen LogP contribution in [-0.4, -0.2) is 12.5 Å². The smallest absolute Gasteiger partial charge is 0.258 e. The summed E-state index contributed by atoms with van der Waals surface area (Å²) in [5, 5.41) is 3.28. The fourth-order valence-corrected chi connectivity index (χ4v) is 3.44. The van der Waals surface area contributed by atoms with Gasteiger partial charge in [0.05, 0.1) is 6.04 Å². The number of nitrogens with zero attached hydrogens (tertiary/aromatic N) is 1. The number of nitrogens with one attached hydrogen (secondary N) is 1. The predicted molar refractivity (Wildman–Crippen MR) is 109 cm³/mol. The number of halogens is 4. The summed E-state index contributed by atoms with van der Waals surface area (Å²) in [7, 11) is 0. The lowest BCUT2D eigenvalue weighted by Gasteiger charge is -2.35. The van der Waals surface area contributed by atoms with E-state index in [9.17, 15) is 18.0 Å². The summed E-state index contributed by atoms with van der Waals surface area (Å²) < 4.78 is 40.2. The molecule has 0 aromatic heterocycles. The fourth-order valence-electron chi connectivity index (χ4n) is 3.44. The van der Waals surface area contributed by atoms with E-state index in [-0.39, 0.29) is 30.2 Å². The van der Waals surface area contributed by atoms with Crippen molar-refractivity contribution in [2.45, 2.75) is 12.5 Å². The van der Waals surface area contributed by atoms with E-state index in [1.54, 1.807) is 23.1 Å². The molecule has 7 heteroatoms. The average molecular weight is 419 g/mol. The number of hydrogen-bond donors (Lipinski definition) is 1. The number of fused-ring (bicyclic) bond motifs is 1. The Hall–Kier alpha value is -2.99. The first-order chi connectivity index (χ1) is 13.5. The third kappa shape index (κ3) is 4.38. The minimum Gasteiger partial charge on any atom is -0.378 e. The maximum absolute atomic E-state index is 13.9. The van der Waals surface area contributed by atoms with Crippen molar-refractivity contribution in [1.82, 2.24) is 0 Å². The minimum atomic E-state index is -0.416. The topological polar surface area (TPSA) is 32.3 Å². The van der Waals surface area contributed by atoms with Crippen molar-refractivity contribution in [1.29, 1.82) is 0 Å². The van der Waals surface area contributed by atoms with Crippen molar-refractivity contribution in [2.24, 2.45) is 0 Å². The van der Waals surface area contributed by atoms with E-state index in [0.717, 1.165) is 0 Å². The molecule has 1 aliphatic rings. The van der Waals surface area contributed by atoms with Crippen molar-refractivity contribution in [3.05, 3.63) is 95.3 Å². The molecule has 1 unspecified atom stereocenters. The van der Waals surface area contributed by atoms with Crippen molar-refractivity contribution >= 4 is 29.7 Å². The molecule has 4 rings (SSSR count). The highest BCUT2D eigenvalue weighted by Crippen LogP contribution is 2.37. The Morgan fingerprint density at radius 3 is 2.10 bits per heavy atom. The van der Waals surface area contributed by atoms with Gasteiger partial charge in [-0.1, -0.05) is 0 Å². The summed E-state index contributed by atoms with van der Waals surface area (Å²) in [4.78, 5) is 14.5. The molecule has 0 spiro atoms. The summed E-state index contributed by atoms with van der Waals surface area (Å²) in [6.45, 7) is 0.410. The van der Waals surface area contributed by atoms with Gasteiger partial charge in [0.2, 0.25) is 0 Å². The van der Waals surface area contributed by atoms with E-state index >= 15 is 0 Å². The van der Waals surface area contributed by atoms with Crippen LogP contribution in [0.15, 0.2) is 66.7 Å². The van der Waals surface area contributed by atoms with Gasteiger partial charge < -0.3 is 10.2 Å². The average Bonchev–Trinajstić information content (AvgIpc) is 2.70. The molecule has 0 radical (unpaired) electrons. The van der Waals surface area contributed by atoms with Crippen molar-refractivity contribution < 1.29 is 18.0 Å². The van der Waals surface area contributed by atoms with Crippen LogP contribution in [0, 0.1) is 17.5 Å². The van der Waals surface area contributed by atoms with Gasteiger partial charge in [-0.05, 0) is 73.2 Å². The molecule has 1 heterocycles. The third-order valence-corrected chi connectivity index (χ3v) is 4.82. The normalized spacial score (nSPS) is 15.3. The first kappa shape index (κ1) is 20.7. The highest BCUT2D eigenvalue weighted by Gasteiger charge is 2.29. The van der Waals surface area contributed by atoms with Crippen LogP contribution in [0.1, 0.15) is 28.4 Å². The highest BCUT2D eigenvalue weighted by molar-refractivity contribution is 6.06. The monoisotopic (exact) mass is 418 g/mol. The van der Waals surface area contributed by atoms with Gasteiger partial charge in [-0.2, -0.15) is 0 Å². The first-order valence-corrected chi connectivity index (χ1v) is 8.90. The second kappa shape index (κ2) is 8.57. The third-order valence-electron chi connectivity index (χ3n) is 4.82. The Kier molecular flexibility index (Phi) is 6.13. The molecule has 0 saturated carbocycles. The van der Waals surface area contributed by atoms with Gasteiger partial charge in [0.25, 0.3) is 5.91 Å². The molecular formula is C22H18ClF3N2O. The Balaban J connectivity index is 0.00000240. The number of anilines is 2. The zero-order chi connectivity index (χ0) is 19.7. The molecule has 3 nitrogen and oxygen atoms in total. The zero-order valence-corrected chi connectivity index (χ0v) is 16.1. The molecule has 1 atom stereocenters. The number of rotatable bonds is 3.